The Balaban J connectivity index is 2.33. The van der Waals surface area contributed by atoms with Crippen LogP contribution in [0.3, 0.4) is 0 Å². The minimum absolute atomic E-state index is 0.348. The SMILES string of the molecule is CCc1cc(/C(=C/NC)CNC)cc(C2CCN(C=O)C2)n1. The number of likely N-dealkylation sites (tertiary alicyclic amines) is 1. The number of likely N-dealkylation sites (N-methyl/N-ethyl adjacent to an activating group) is 1. The molecule has 1 aliphatic heterocycles. The van der Waals surface area contributed by atoms with E-state index in [4.69, 9.17) is 4.98 Å². The maximum atomic E-state index is 10.9. The molecule has 0 aromatic carbocycles. The molecule has 1 atom stereocenters. The molecule has 2 heterocycles. The molecule has 1 aromatic rings. The number of amides is 1. The fraction of sp³-hybridized carbons (Fsp3) is 0.529. The highest BCUT2D eigenvalue weighted by molar-refractivity contribution is 5.67. The quantitative estimate of drug-likeness (QED) is 0.747. The smallest absolute Gasteiger partial charge is 0.209 e. The van der Waals surface area contributed by atoms with Crippen LogP contribution < -0.4 is 10.6 Å². The van der Waals surface area contributed by atoms with Crippen LogP contribution in [0.2, 0.25) is 0 Å². The van der Waals surface area contributed by atoms with E-state index in [-0.39, 0.29) is 0 Å². The molecule has 120 valence electrons. The summed E-state index contributed by atoms with van der Waals surface area (Å²) in [4.78, 5) is 17.6. The fourth-order valence-corrected chi connectivity index (χ4v) is 2.91. The number of nitrogens with one attached hydrogen (secondary N) is 2. The van der Waals surface area contributed by atoms with Crippen molar-refractivity contribution in [2.75, 3.05) is 33.7 Å². The van der Waals surface area contributed by atoms with Gasteiger partial charge in [0.05, 0.1) is 0 Å². The molecule has 0 spiro atoms. The van der Waals surface area contributed by atoms with Gasteiger partial charge in [-0.1, -0.05) is 6.92 Å². The molecule has 0 radical (unpaired) electrons. The zero-order chi connectivity index (χ0) is 15.9. The predicted molar refractivity (Wildman–Crippen MR) is 89.6 cm³/mol. The standard InChI is InChI=1S/C17H26N4O/c1-4-16-7-14(15(9-18-2)10-19-3)8-17(20-16)13-5-6-21(11-13)12-22/h7-9,12-13,18-19H,4-6,10-11H2,1-3H3/b15-9+. The van der Waals surface area contributed by atoms with E-state index in [0.29, 0.717) is 5.92 Å². The van der Waals surface area contributed by atoms with Crippen LogP contribution >= 0.6 is 0 Å². The molecule has 2 N–H and O–H groups in total. The second-order valence-corrected chi connectivity index (χ2v) is 5.70. The van der Waals surface area contributed by atoms with Gasteiger partial charge in [-0.25, -0.2) is 0 Å². The summed E-state index contributed by atoms with van der Waals surface area (Å²) in [6, 6.07) is 4.34. The summed E-state index contributed by atoms with van der Waals surface area (Å²) in [5.74, 6) is 0.348. The normalized spacial score (nSPS) is 18.6. The van der Waals surface area contributed by atoms with Crippen LogP contribution in [0.4, 0.5) is 0 Å². The largest absolute Gasteiger partial charge is 0.394 e. The number of pyridine rings is 1. The van der Waals surface area contributed by atoms with Crippen molar-refractivity contribution in [3.63, 3.8) is 0 Å². The first-order valence-corrected chi connectivity index (χ1v) is 7.93. The van der Waals surface area contributed by atoms with Crippen LogP contribution in [0, 0.1) is 0 Å². The van der Waals surface area contributed by atoms with Gasteiger partial charge in [0.25, 0.3) is 0 Å². The van der Waals surface area contributed by atoms with Gasteiger partial charge in [0.15, 0.2) is 0 Å². The lowest BCUT2D eigenvalue weighted by molar-refractivity contribution is -0.117. The van der Waals surface area contributed by atoms with Crippen LogP contribution in [0.5, 0.6) is 0 Å². The molecule has 22 heavy (non-hydrogen) atoms. The van der Waals surface area contributed by atoms with Gasteiger partial charge in [-0.15, -0.1) is 0 Å². The summed E-state index contributed by atoms with van der Waals surface area (Å²) in [5.41, 5.74) is 4.63. The Morgan fingerprint density at radius 3 is 2.86 bits per heavy atom. The molecule has 1 saturated heterocycles. The van der Waals surface area contributed by atoms with Crippen molar-refractivity contribution in [2.45, 2.75) is 25.7 Å². The third-order valence-corrected chi connectivity index (χ3v) is 4.10. The summed E-state index contributed by atoms with van der Waals surface area (Å²) in [5, 5.41) is 6.33. The first kappa shape index (κ1) is 16.5. The van der Waals surface area contributed by atoms with E-state index in [1.807, 2.05) is 25.2 Å². The molecule has 1 aromatic heterocycles. The average molecular weight is 302 g/mol. The van der Waals surface area contributed by atoms with E-state index >= 15 is 0 Å². The van der Waals surface area contributed by atoms with Crippen molar-refractivity contribution in [3.05, 3.63) is 35.3 Å². The molecule has 1 aliphatic rings. The lowest BCUT2D eigenvalue weighted by Gasteiger charge is -2.15. The zero-order valence-corrected chi connectivity index (χ0v) is 13.7. The van der Waals surface area contributed by atoms with Crippen molar-refractivity contribution in [1.29, 1.82) is 0 Å². The molecule has 0 bridgehead atoms. The van der Waals surface area contributed by atoms with Gasteiger partial charge in [0.1, 0.15) is 0 Å². The van der Waals surface area contributed by atoms with E-state index < -0.39 is 0 Å². The Labute approximate surface area is 132 Å². The molecule has 5 heteroatoms. The van der Waals surface area contributed by atoms with E-state index in [9.17, 15) is 4.79 Å². The Hall–Kier alpha value is -1.88. The molecular formula is C17H26N4O. The highest BCUT2D eigenvalue weighted by atomic mass is 16.1. The Morgan fingerprint density at radius 2 is 2.27 bits per heavy atom. The van der Waals surface area contributed by atoms with Gasteiger partial charge in [-0.3, -0.25) is 9.78 Å². The number of hydrogen-bond acceptors (Lipinski definition) is 4. The Kier molecular flexibility index (Phi) is 5.95. The molecule has 0 saturated carbocycles. The van der Waals surface area contributed by atoms with Gasteiger partial charge in [-0.05, 0) is 43.2 Å². The minimum Gasteiger partial charge on any atom is -0.394 e. The second-order valence-electron chi connectivity index (χ2n) is 5.70. The van der Waals surface area contributed by atoms with Gasteiger partial charge in [0, 0.05) is 50.2 Å². The van der Waals surface area contributed by atoms with Gasteiger partial charge in [-0.2, -0.15) is 0 Å². The maximum Gasteiger partial charge on any atom is 0.209 e. The van der Waals surface area contributed by atoms with Crippen molar-refractivity contribution in [3.8, 4) is 0 Å². The highest BCUT2D eigenvalue weighted by Crippen LogP contribution is 2.27. The monoisotopic (exact) mass is 302 g/mol. The van der Waals surface area contributed by atoms with E-state index in [2.05, 4.69) is 29.7 Å². The first-order valence-electron chi connectivity index (χ1n) is 7.93. The van der Waals surface area contributed by atoms with E-state index in [1.54, 1.807) is 0 Å². The van der Waals surface area contributed by atoms with Gasteiger partial charge >= 0.3 is 0 Å². The third-order valence-electron chi connectivity index (χ3n) is 4.10. The maximum absolute atomic E-state index is 10.9. The van der Waals surface area contributed by atoms with E-state index in [1.165, 1.54) is 11.1 Å². The fourth-order valence-electron chi connectivity index (χ4n) is 2.91. The second kappa shape index (κ2) is 7.94. The molecule has 0 aliphatic carbocycles. The lowest BCUT2D eigenvalue weighted by atomic mass is 9.98. The van der Waals surface area contributed by atoms with Crippen molar-refractivity contribution in [1.82, 2.24) is 20.5 Å². The number of rotatable bonds is 7. The highest BCUT2D eigenvalue weighted by Gasteiger charge is 2.24. The Bertz CT molecular complexity index is 541. The Morgan fingerprint density at radius 1 is 1.45 bits per heavy atom. The predicted octanol–water partition coefficient (Wildman–Crippen LogP) is 1.37. The molecule has 1 unspecified atom stereocenters. The topological polar surface area (TPSA) is 57.3 Å². The zero-order valence-electron chi connectivity index (χ0n) is 13.7. The van der Waals surface area contributed by atoms with Crippen molar-refractivity contribution < 1.29 is 4.79 Å². The van der Waals surface area contributed by atoms with Crippen LogP contribution in [0.1, 0.15) is 36.2 Å². The molecule has 1 amide bonds. The van der Waals surface area contributed by atoms with Gasteiger partial charge in [0.2, 0.25) is 6.41 Å². The number of aryl methyl sites for hydroxylation is 1. The summed E-state index contributed by atoms with van der Waals surface area (Å²) in [6.07, 6.45) is 4.88. The lowest BCUT2D eigenvalue weighted by Crippen LogP contribution is -2.18. The van der Waals surface area contributed by atoms with Crippen LogP contribution in [0.15, 0.2) is 18.3 Å². The number of carbonyl (C=O) groups is 1. The van der Waals surface area contributed by atoms with Gasteiger partial charge < -0.3 is 15.5 Å². The first-order chi connectivity index (χ1) is 10.7. The minimum atomic E-state index is 0.348. The van der Waals surface area contributed by atoms with Crippen molar-refractivity contribution in [2.24, 2.45) is 0 Å². The average Bonchev–Trinajstić information content (AvgIpc) is 3.03. The number of carbonyl (C=O) groups excluding carboxylic acids is 1. The van der Waals surface area contributed by atoms with Crippen LogP contribution in [-0.2, 0) is 11.2 Å². The summed E-state index contributed by atoms with van der Waals surface area (Å²) in [6.45, 7) is 4.54. The molecule has 1 fully saturated rings. The number of nitrogens with zero attached hydrogens (tertiary/aromatic N) is 2. The molecule has 5 nitrogen and oxygen atoms in total. The summed E-state index contributed by atoms with van der Waals surface area (Å²) < 4.78 is 0. The summed E-state index contributed by atoms with van der Waals surface area (Å²) in [7, 11) is 3.86. The van der Waals surface area contributed by atoms with Crippen molar-refractivity contribution >= 4 is 12.0 Å². The third kappa shape index (κ3) is 3.85. The van der Waals surface area contributed by atoms with Crippen LogP contribution in [0.25, 0.3) is 5.57 Å². The summed E-state index contributed by atoms with van der Waals surface area (Å²) >= 11 is 0. The molecular weight excluding hydrogens is 276 g/mol. The number of hydrogen-bond donors (Lipinski definition) is 2. The molecule has 2 rings (SSSR count). The van der Waals surface area contributed by atoms with Crippen LogP contribution in [-0.4, -0.2) is 50.0 Å². The van der Waals surface area contributed by atoms with E-state index in [0.717, 1.165) is 50.3 Å². The number of aromatic nitrogens is 1.